The Morgan fingerprint density at radius 2 is 1.34 bits per heavy atom. The molecule has 2 heterocycles. The molecule has 0 unspecified atom stereocenters. The molecule has 0 amide bonds. The van der Waals surface area contributed by atoms with Crippen molar-refractivity contribution in [3.8, 4) is 16.8 Å². The van der Waals surface area contributed by atoms with Gasteiger partial charge in [-0.15, -0.1) is 0 Å². The first kappa shape index (κ1) is 26.5. The van der Waals surface area contributed by atoms with Gasteiger partial charge in [-0.3, -0.25) is 0 Å². The first-order chi connectivity index (χ1) is 21.5. The summed E-state index contributed by atoms with van der Waals surface area (Å²) in [6, 6.07) is 47.6. The average molecular weight is 571 g/mol. The molecule has 3 nitrogen and oxygen atoms in total. The topological polar surface area (TPSA) is 44.1 Å². The van der Waals surface area contributed by atoms with Gasteiger partial charge in [0, 0.05) is 38.8 Å². The fourth-order valence-electron chi connectivity index (χ4n) is 6.71. The van der Waals surface area contributed by atoms with Crippen molar-refractivity contribution in [3.05, 3.63) is 150 Å². The number of benzene rings is 6. The summed E-state index contributed by atoms with van der Waals surface area (Å²) >= 11 is 0. The van der Waals surface area contributed by atoms with E-state index < -0.39 is 0 Å². The number of para-hydroxylation sites is 3. The Morgan fingerprint density at radius 3 is 2.18 bits per heavy atom. The first-order valence-corrected chi connectivity index (χ1v) is 15.4. The van der Waals surface area contributed by atoms with Crippen LogP contribution in [0.4, 0.5) is 0 Å². The molecule has 44 heavy (non-hydrogen) atoms. The number of furan rings is 1. The Morgan fingerprint density at radius 1 is 0.614 bits per heavy atom. The maximum absolute atomic E-state index is 6.72. The standard InChI is InChI=1S/C41H34N2O/c1-26(2)29-10-7-9-27(23-29)24-37(42)28-17-20-31(21-18-28)43-38-15-5-3-11-33(38)36-25-30(19-22-39(36)43)32-13-8-14-35-34-12-4-6-16-40(34)44-41(32)35/h3-23,25-26,37H,24,42H2,1-2H3/t37-/m1/s1. The highest BCUT2D eigenvalue weighted by molar-refractivity contribution is 6.13. The van der Waals surface area contributed by atoms with Gasteiger partial charge < -0.3 is 14.7 Å². The van der Waals surface area contributed by atoms with Crippen LogP contribution in [0, 0.1) is 0 Å². The Hall–Kier alpha value is -5.12. The molecule has 0 saturated carbocycles. The van der Waals surface area contributed by atoms with E-state index in [9.17, 15) is 0 Å². The van der Waals surface area contributed by atoms with Crippen LogP contribution < -0.4 is 5.73 Å². The van der Waals surface area contributed by atoms with Crippen LogP contribution in [0.25, 0.3) is 60.6 Å². The van der Waals surface area contributed by atoms with Gasteiger partial charge in [0.2, 0.25) is 0 Å². The summed E-state index contributed by atoms with van der Waals surface area (Å²) in [5.41, 5.74) is 18.1. The van der Waals surface area contributed by atoms with E-state index in [0.29, 0.717) is 5.92 Å². The van der Waals surface area contributed by atoms with Crippen LogP contribution in [0.3, 0.4) is 0 Å². The number of fused-ring (bicyclic) bond motifs is 6. The molecule has 6 aromatic carbocycles. The SMILES string of the molecule is CC(C)c1cccc(C[C@@H](N)c2ccc(-n3c4ccccc4c4cc(-c5cccc6c5oc5ccccc56)ccc43)cc2)c1. The lowest BCUT2D eigenvalue weighted by Gasteiger charge is -2.15. The summed E-state index contributed by atoms with van der Waals surface area (Å²) in [5, 5.41) is 4.74. The number of nitrogens with two attached hydrogens (primary N) is 1. The minimum absolute atomic E-state index is 0.0619. The zero-order valence-corrected chi connectivity index (χ0v) is 25.0. The molecule has 0 aliphatic carbocycles. The van der Waals surface area contributed by atoms with E-state index in [1.54, 1.807) is 0 Å². The summed E-state index contributed by atoms with van der Waals surface area (Å²) in [4.78, 5) is 0. The molecular weight excluding hydrogens is 536 g/mol. The molecule has 0 fully saturated rings. The van der Waals surface area contributed by atoms with Gasteiger partial charge in [0.15, 0.2) is 0 Å². The Kier molecular flexibility index (Phi) is 6.36. The van der Waals surface area contributed by atoms with Crippen LogP contribution in [0.5, 0.6) is 0 Å². The Labute approximate surface area is 257 Å². The van der Waals surface area contributed by atoms with Gasteiger partial charge in [-0.2, -0.15) is 0 Å². The smallest absolute Gasteiger partial charge is 0.143 e. The van der Waals surface area contributed by atoms with Crippen LogP contribution >= 0.6 is 0 Å². The molecule has 0 radical (unpaired) electrons. The predicted molar refractivity (Wildman–Crippen MR) is 185 cm³/mol. The van der Waals surface area contributed by atoms with Crippen molar-refractivity contribution in [1.82, 2.24) is 4.57 Å². The molecule has 0 saturated heterocycles. The van der Waals surface area contributed by atoms with Crippen molar-refractivity contribution >= 4 is 43.7 Å². The average Bonchev–Trinajstić information content (AvgIpc) is 3.60. The van der Waals surface area contributed by atoms with E-state index in [-0.39, 0.29) is 6.04 Å². The second-order valence-corrected chi connectivity index (χ2v) is 12.2. The van der Waals surface area contributed by atoms with Crippen molar-refractivity contribution in [3.63, 3.8) is 0 Å². The van der Waals surface area contributed by atoms with Crippen molar-refractivity contribution in [1.29, 1.82) is 0 Å². The van der Waals surface area contributed by atoms with Gasteiger partial charge >= 0.3 is 0 Å². The summed E-state index contributed by atoms with van der Waals surface area (Å²) in [7, 11) is 0. The van der Waals surface area contributed by atoms with Crippen LogP contribution in [0.15, 0.2) is 138 Å². The summed E-state index contributed by atoms with van der Waals surface area (Å²) < 4.78 is 8.74. The van der Waals surface area contributed by atoms with Crippen LogP contribution in [0.1, 0.15) is 42.5 Å². The molecule has 0 aliphatic heterocycles. The highest BCUT2D eigenvalue weighted by Gasteiger charge is 2.17. The van der Waals surface area contributed by atoms with Crippen molar-refractivity contribution in [2.75, 3.05) is 0 Å². The number of aromatic nitrogens is 1. The highest BCUT2D eigenvalue weighted by atomic mass is 16.3. The highest BCUT2D eigenvalue weighted by Crippen LogP contribution is 2.39. The molecule has 2 N–H and O–H groups in total. The second-order valence-electron chi connectivity index (χ2n) is 12.2. The van der Waals surface area contributed by atoms with Crippen LogP contribution in [-0.2, 0) is 6.42 Å². The van der Waals surface area contributed by atoms with Crippen molar-refractivity contribution in [2.45, 2.75) is 32.2 Å². The minimum Gasteiger partial charge on any atom is -0.455 e. The van der Waals surface area contributed by atoms with Crippen molar-refractivity contribution < 1.29 is 4.42 Å². The lowest BCUT2D eigenvalue weighted by molar-refractivity contribution is 0.670. The fourth-order valence-corrected chi connectivity index (χ4v) is 6.71. The lowest BCUT2D eigenvalue weighted by atomic mass is 9.95. The third kappa shape index (κ3) is 4.40. The van der Waals surface area contributed by atoms with Gasteiger partial charge in [0.05, 0.1) is 11.0 Å². The van der Waals surface area contributed by atoms with Crippen LogP contribution in [-0.4, -0.2) is 4.57 Å². The maximum atomic E-state index is 6.72. The van der Waals surface area contributed by atoms with E-state index in [1.807, 2.05) is 12.1 Å². The summed E-state index contributed by atoms with van der Waals surface area (Å²) in [5.74, 6) is 0.506. The zero-order chi connectivity index (χ0) is 29.8. The second kappa shape index (κ2) is 10.6. The molecule has 8 rings (SSSR count). The molecular formula is C41H34N2O. The van der Waals surface area contributed by atoms with Gasteiger partial charge in [-0.1, -0.05) is 111 Å². The third-order valence-electron chi connectivity index (χ3n) is 9.04. The molecule has 214 valence electrons. The summed E-state index contributed by atoms with van der Waals surface area (Å²) in [6.45, 7) is 4.46. The van der Waals surface area contributed by atoms with Gasteiger partial charge in [-0.05, 0) is 71.0 Å². The molecule has 0 spiro atoms. The van der Waals surface area contributed by atoms with Crippen LogP contribution in [0.2, 0.25) is 0 Å². The number of hydrogen-bond donors (Lipinski definition) is 1. The van der Waals surface area contributed by atoms with E-state index in [2.05, 4.69) is 140 Å². The fraction of sp³-hybridized carbons (Fsp3) is 0.122. The van der Waals surface area contributed by atoms with E-state index in [1.165, 1.54) is 32.9 Å². The predicted octanol–water partition coefficient (Wildman–Crippen LogP) is 10.7. The van der Waals surface area contributed by atoms with E-state index in [4.69, 9.17) is 10.2 Å². The molecule has 0 bridgehead atoms. The number of hydrogen-bond acceptors (Lipinski definition) is 2. The molecule has 8 aromatic rings. The monoisotopic (exact) mass is 570 g/mol. The molecule has 0 aliphatic rings. The summed E-state index contributed by atoms with van der Waals surface area (Å²) in [6.07, 6.45) is 0.816. The largest absolute Gasteiger partial charge is 0.455 e. The van der Waals surface area contributed by atoms with Gasteiger partial charge in [-0.25, -0.2) is 0 Å². The zero-order valence-electron chi connectivity index (χ0n) is 25.0. The molecule has 1 atom stereocenters. The third-order valence-corrected chi connectivity index (χ3v) is 9.04. The van der Waals surface area contributed by atoms with Gasteiger partial charge in [0.25, 0.3) is 0 Å². The lowest BCUT2D eigenvalue weighted by Crippen LogP contribution is -2.13. The number of nitrogens with zero attached hydrogens (tertiary/aromatic N) is 1. The first-order valence-electron chi connectivity index (χ1n) is 15.4. The maximum Gasteiger partial charge on any atom is 0.143 e. The van der Waals surface area contributed by atoms with E-state index in [0.717, 1.165) is 50.7 Å². The minimum atomic E-state index is -0.0619. The van der Waals surface area contributed by atoms with E-state index >= 15 is 0 Å². The quantitative estimate of drug-likeness (QED) is 0.216. The molecule has 3 heteroatoms. The van der Waals surface area contributed by atoms with Crippen molar-refractivity contribution in [2.24, 2.45) is 5.73 Å². The normalized spacial score (nSPS) is 12.6. The Bertz CT molecular complexity index is 2300. The number of rotatable bonds is 6. The van der Waals surface area contributed by atoms with Gasteiger partial charge in [0.1, 0.15) is 11.2 Å². The molecule has 2 aromatic heterocycles. The Balaban J connectivity index is 1.18.